The Kier molecular flexibility index (Phi) is 5.14. The van der Waals surface area contributed by atoms with E-state index < -0.39 is 27.5 Å². The minimum Gasteiger partial charge on any atom is -0.505 e. The molecule has 3 amide bonds. The molecule has 8 nitrogen and oxygen atoms in total. The molecule has 0 unspecified atom stereocenters. The van der Waals surface area contributed by atoms with Crippen LogP contribution in [0.4, 0.5) is 10.5 Å². The molecule has 1 rings (SSSR count). The zero-order valence-electron chi connectivity index (χ0n) is 11.6. The lowest BCUT2D eigenvalue weighted by Crippen LogP contribution is -2.28. The van der Waals surface area contributed by atoms with Crippen LogP contribution in [0.15, 0.2) is 17.0 Å². The second kappa shape index (κ2) is 6.44. The van der Waals surface area contributed by atoms with Crippen LogP contribution in [0.1, 0.15) is 24.2 Å². The molecule has 0 bridgehead atoms. The number of hydrogen-bond acceptors (Lipinski definition) is 5. The first-order valence-corrected chi connectivity index (χ1v) is 7.82. The molecule has 1 aromatic rings. The molecule has 0 heterocycles. The van der Waals surface area contributed by atoms with Gasteiger partial charge in [0.1, 0.15) is 0 Å². The summed E-state index contributed by atoms with van der Waals surface area (Å²) in [6.45, 7) is 3.46. The molecule has 0 atom stereocenters. The molecule has 0 spiro atoms. The molecular formula is C12H17N3O5S. The number of nitrogens with two attached hydrogens (primary N) is 1. The smallest absolute Gasteiger partial charge is 0.319 e. The lowest BCUT2D eigenvalue weighted by Gasteiger charge is -2.12. The van der Waals surface area contributed by atoms with Crippen molar-refractivity contribution in [1.29, 1.82) is 0 Å². The van der Waals surface area contributed by atoms with Crippen molar-refractivity contribution in [2.24, 2.45) is 5.73 Å². The number of aromatic hydroxyl groups is 1. The van der Waals surface area contributed by atoms with E-state index in [0.29, 0.717) is 6.54 Å². The summed E-state index contributed by atoms with van der Waals surface area (Å²) >= 11 is 0. The van der Waals surface area contributed by atoms with Crippen LogP contribution in [0.5, 0.6) is 5.75 Å². The number of amides is 3. The van der Waals surface area contributed by atoms with Gasteiger partial charge < -0.3 is 21.5 Å². The average Bonchev–Trinajstić information content (AvgIpc) is 2.40. The fourth-order valence-electron chi connectivity index (χ4n) is 1.56. The number of nitrogens with one attached hydrogen (secondary N) is 2. The second-order valence-corrected chi connectivity index (χ2v) is 6.40. The van der Waals surface area contributed by atoms with E-state index in [0.717, 1.165) is 12.1 Å². The van der Waals surface area contributed by atoms with Crippen LogP contribution in [-0.2, 0) is 9.84 Å². The Hall–Kier alpha value is -2.29. The monoisotopic (exact) mass is 315 g/mol. The minimum absolute atomic E-state index is 0.198. The van der Waals surface area contributed by atoms with Crippen LogP contribution in [0.25, 0.3) is 0 Å². The van der Waals surface area contributed by atoms with E-state index in [-0.39, 0.29) is 21.9 Å². The number of sulfone groups is 1. The Morgan fingerprint density at radius 3 is 2.38 bits per heavy atom. The Bertz CT molecular complexity index is 670. The topological polar surface area (TPSA) is 139 Å². The molecule has 21 heavy (non-hydrogen) atoms. The number of rotatable bonds is 5. The molecule has 0 aliphatic rings. The fourth-order valence-corrected chi connectivity index (χ4v) is 2.49. The molecule has 0 saturated carbocycles. The molecule has 0 aliphatic carbocycles. The first-order chi connectivity index (χ1) is 9.72. The zero-order chi connectivity index (χ0) is 16.2. The number of hydrogen-bond donors (Lipinski definition) is 4. The Morgan fingerprint density at radius 1 is 1.29 bits per heavy atom. The molecule has 116 valence electrons. The van der Waals surface area contributed by atoms with E-state index in [2.05, 4.69) is 10.6 Å². The molecule has 0 aliphatic heterocycles. The van der Waals surface area contributed by atoms with Gasteiger partial charge in [-0.25, -0.2) is 13.2 Å². The molecule has 0 aromatic heterocycles. The molecule has 0 radical (unpaired) electrons. The number of carbonyl (C=O) groups is 2. The highest BCUT2D eigenvalue weighted by Gasteiger charge is 2.21. The molecule has 9 heteroatoms. The van der Waals surface area contributed by atoms with Crippen LogP contribution in [0.3, 0.4) is 0 Å². The average molecular weight is 315 g/mol. The van der Waals surface area contributed by atoms with E-state index in [4.69, 9.17) is 5.73 Å². The van der Waals surface area contributed by atoms with Gasteiger partial charge in [-0.15, -0.1) is 0 Å². The van der Waals surface area contributed by atoms with Gasteiger partial charge in [-0.05, 0) is 19.1 Å². The van der Waals surface area contributed by atoms with Gasteiger partial charge in [-0.3, -0.25) is 4.79 Å². The summed E-state index contributed by atoms with van der Waals surface area (Å²) < 4.78 is 23.8. The second-order valence-electron chi connectivity index (χ2n) is 4.12. The van der Waals surface area contributed by atoms with Gasteiger partial charge in [-0.1, -0.05) is 6.92 Å². The summed E-state index contributed by atoms with van der Waals surface area (Å²) in [4.78, 5) is 22.6. The number of anilines is 1. The van der Waals surface area contributed by atoms with Crippen LogP contribution >= 0.6 is 0 Å². The lowest BCUT2D eigenvalue weighted by atomic mass is 10.1. The van der Waals surface area contributed by atoms with E-state index >= 15 is 0 Å². The van der Waals surface area contributed by atoms with Crippen molar-refractivity contribution in [2.45, 2.75) is 18.7 Å². The Labute approximate surface area is 122 Å². The molecular weight excluding hydrogens is 298 g/mol. The van der Waals surface area contributed by atoms with E-state index in [1.54, 1.807) is 6.92 Å². The van der Waals surface area contributed by atoms with Crippen molar-refractivity contribution in [3.63, 3.8) is 0 Å². The third-order valence-electron chi connectivity index (χ3n) is 2.67. The van der Waals surface area contributed by atoms with E-state index in [9.17, 15) is 23.1 Å². The van der Waals surface area contributed by atoms with Crippen LogP contribution < -0.4 is 16.4 Å². The number of carbonyl (C=O) groups excluding carboxylic acids is 2. The summed E-state index contributed by atoms with van der Waals surface area (Å²) in [6, 6.07) is 1.42. The highest BCUT2D eigenvalue weighted by Crippen LogP contribution is 2.31. The van der Waals surface area contributed by atoms with Crippen molar-refractivity contribution in [1.82, 2.24) is 5.32 Å². The molecule has 0 fully saturated rings. The SMILES string of the molecule is CCNC(=O)Nc1cc(S(=O)(=O)CC)cc(C(N)=O)c1O. The van der Waals surface area contributed by atoms with Gasteiger partial charge in [0.2, 0.25) is 0 Å². The van der Waals surface area contributed by atoms with Gasteiger partial charge in [0.15, 0.2) is 15.6 Å². The normalized spacial score (nSPS) is 11.0. The Balaban J connectivity index is 3.42. The molecule has 5 N–H and O–H groups in total. The number of primary amides is 1. The number of benzene rings is 1. The number of phenols is 1. The van der Waals surface area contributed by atoms with Crippen molar-refractivity contribution in [2.75, 3.05) is 17.6 Å². The van der Waals surface area contributed by atoms with Gasteiger partial charge >= 0.3 is 6.03 Å². The van der Waals surface area contributed by atoms with Crippen molar-refractivity contribution < 1.29 is 23.1 Å². The van der Waals surface area contributed by atoms with Gasteiger partial charge in [0.25, 0.3) is 5.91 Å². The first-order valence-electron chi connectivity index (χ1n) is 6.17. The summed E-state index contributed by atoms with van der Waals surface area (Å²) in [5.41, 5.74) is 4.52. The van der Waals surface area contributed by atoms with Crippen molar-refractivity contribution >= 4 is 27.5 Å². The van der Waals surface area contributed by atoms with Gasteiger partial charge in [0, 0.05) is 6.54 Å². The van der Waals surface area contributed by atoms with Crippen molar-refractivity contribution in [3.8, 4) is 5.75 Å². The van der Waals surface area contributed by atoms with Crippen molar-refractivity contribution in [3.05, 3.63) is 17.7 Å². The Morgan fingerprint density at radius 2 is 1.90 bits per heavy atom. The van der Waals surface area contributed by atoms with Crippen LogP contribution in [-0.4, -0.2) is 37.8 Å². The highest BCUT2D eigenvalue weighted by molar-refractivity contribution is 7.91. The molecule has 1 aromatic carbocycles. The maximum absolute atomic E-state index is 11.9. The standard InChI is InChI=1S/C12H17N3O5S/c1-3-14-12(18)15-9-6-7(21(19,20)4-2)5-8(10(9)16)11(13)17/h5-6,16H,3-4H2,1-2H3,(H2,13,17)(H2,14,15,18). The fraction of sp³-hybridized carbons (Fsp3) is 0.333. The van der Waals surface area contributed by atoms with Crippen LogP contribution in [0.2, 0.25) is 0 Å². The third-order valence-corrected chi connectivity index (χ3v) is 4.39. The van der Waals surface area contributed by atoms with E-state index in [1.165, 1.54) is 6.92 Å². The lowest BCUT2D eigenvalue weighted by molar-refractivity contribution is 0.0997. The summed E-state index contributed by atoms with van der Waals surface area (Å²) in [5.74, 6) is -1.78. The predicted octanol–water partition coefficient (Wildman–Crippen LogP) is 0.426. The highest BCUT2D eigenvalue weighted by atomic mass is 32.2. The summed E-state index contributed by atoms with van der Waals surface area (Å²) in [6.07, 6.45) is 0. The molecule has 0 saturated heterocycles. The zero-order valence-corrected chi connectivity index (χ0v) is 12.5. The minimum atomic E-state index is -3.63. The summed E-state index contributed by atoms with van der Waals surface area (Å²) in [7, 11) is -3.63. The van der Waals surface area contributed by atoms with E-state index in [1.807, 2.05) is 0 Å². The third kappa shape index (κ3) is 3.85. The first kappa shape index (κ1) is 16.8. The predicted molar refractivity (Wildman–Crippen MR) is 77.0 cm³/mol. The van der Waals surface area contributed by atoms with Gasteiger partial charge in [-0.2, -0.15) is 0 Å². The quantitative estimate of drug-likeness (QED) is 0.583. The largest absolute Gasteiger partial charge is 0.505 e. The van der Waals surface area contributed by atoms with Crippen LogP contribution in [0, 0.1) is 0 Å². The number of urea groups is 1. The summed E-state index contributed by atoms with van der Waals surface area (Å²) in [5, 5.41) is 14.6. The van der Waals surface area contributed by atoms with Gasteiger partial charge in [0.05, 0.1) is 21.9 Å². The maximum Gasteiger partial charge on any atom is 0.319 e. The maximum atomic E-state index is 11.9.